The van der Waals surface area contributed by atoms with Crippen LogP contribution in [0.5, 0.6) is 5.75 Å². The van der Waals surface area contributed by atoms with Gasteiger partial charge in [-0.1, -0.05) is 11.6 Å². The molecule has 0 radical (unpaired) electrons. The molecule has 1 aliphatic rings. The Morgan fingerprint density at radius 3 is 2.38 bits per heavy atom. The molecule has 8 heteroatoms. The van der Waals surface area contributed by atoms with E-state index in [-0.39, 0.29) is 23.4 Å². The Kier molecular flexibility index (Phi) is 6.23. The molecule has 144 valence electrons. The smallest absolute Gasteiger partial charge is 0.410 e. The Morgan fingerprint density at radius 1 is 1.27 bits per heavy atom. The molecule has 7 nitrogen and oxygen atoms in total. The molecular formula is C18H26ClN3O4. The van der Waals surface area contributed by atoms with E-state index in [2.05, 4.69) is 5.32 Å². The number of methoxy groups -OCH3 is 1. The molecule has 3 N–H and O–H groups in total. The minimum Gasteiger partial charge on any atom is -0.494 e. The van der Waals surface area contributed by atoms with Crippen molar-refractivity contribution in [2.24, 2.45) is 5.73 Å². The predicted molar refractivity (Wildman–Crippen MR) is 101 cm³/mol. The van der Waals surface area contributed by atoms with Gasteiger partial charge in [-0.05, 0) is 45.7 Å². The molecule has 0 aromatic heterocycles. The summed E-state index contributed by atoms with van der Waals surface area (Å²) in [5, 5.41) is 3.67. The maximum atomic E-state index is 12.1. The Labute approximate surface area is 158 Å². The van der Waals surface area contributed by atoms with E-state index in [0.29, 0.717) is 23.8 Å². The number of anilines is 1. The molecule has 1 heterocycles. The first kappa shape index (κ1) is 20.2. The van der Waals surface area contributed by atoms with Gasteiger partial charge < -0.3 is 25.4 Å². The number of rotatable bonds is 4. The first-order valence-corrected chi connectivity index (χ1v) is 8.91. The summed E-state index contributed by atoms with van der Waals surface area (Å²) in [6.45, 7) is 6.75. The van der Waals surface area contributed by atoms with Crippen molar-refractivity contribution in [3.05, 3.63) is 22.7 Å². The van der Waals surface area contributed by atoms with Gasteiger partial charge in [0.25, 0.3) is 5.91 Å². The largest absolute Gasteiger partial charge is 0.494 e. The first-order valence-electron chi connectivity index (χ1n) is 8.53. The monoisotopic (exact) mass is 383 g/mol. The molecule has 1 aromatic rings. The number of ether oxygens (including phenoxy) is 2. The molecule has 0 atom stereocenters. The molecule has 1 aromatic carbocycles. The van der Waals surface area contributed by atoms with Crippen LogP contribution in [0.2, 0.25) is 5.02 Å². The van der Waals surface area contributed by atoms with Gasteiger partial charge >= 0.3 is 6.09 Å². The molecule has 2 rings (SSSR count). The molecular weight excluding hydrogens is 358 g/mol. The Bertz CT molecular complexity index is 680. The molecule has 2 amide bonds. The van der Waals surface area contributed by atoms with Crippen molar-refractivity contribution in [1.29, 1.82) is 0 Å². The van der Waals surface area contributed by atoms with Crippen molar-refractivity contribution in [2.45, 2.75) is 45.3 Å². The first-order chi connectivity index (χ1) is 12.1. The third kappa shape index (κ3) is 4.94. The van der Waals surface area contributed by atoms with E-state index in [1.165, 1.54) is 7.11 Å². The Hall–Kier alpha value is -2.15. The van der Waals surface area contributed by atoms with Gasteiger partial charge in [0.05, 0.1) is 18.4 Å². The number of likely N-dealkylation sites (tertiary alicyclic amines) is 1. The Morgan fingerprint density at radius 2 is 1.88 bits per heavy atom. The van der Waals surface area contributed by atoms with Crippen molar-refractivity contribution in [1.82, 2.24) is 4.90 Å². The van der Waals surface area contributed by atoms with Gasteiger partial charge in [-0.15, -0.1) is 0 Å². The lowest BCUT2D eigenvalue weighted by Gasteiger charge is -2.34. The third-order valence-electron chi connectivity index (χ3n) is 4.07. The highest BCUT2D eigenvalue weighted by Gasteiger charge is 2.27. The molecule has 26 heavy (non-hydrogen) atoms. The van der Waals surface area contributed by atoms with E-state index in [4.69, 9.17) is 26.8 Å². The van der Waals surface area contributed by atoms with E-state index in [0.717, 1.165) is 12.8 Å². The predicted octanol–water partition coefficient (Wildman–Crippen LogP) is 3.26. The highest BCUT2D eigenvalue weighted by atomic mass is 35.5. The number of nitrogens with zero attached hydrogens (tertiary/aromatic N) is 1. The van der Waals surface area contributed by atoms with Gasteiger partial charge in [0.15, 0.2) is 5.75 Å². The standard InChI is InChI=1S/C18H26ClN3O4/c1-18(2,3)26-17(24)22-9-7-11(8-10-22)21-13-6-5-12(16(20)23)15(25-4)14(13)19/h5-6,11,21H,7-10H2,1-4H3,(H2,20,23). The number of benzene rings is 1. The van der Waals surface area contributed by atoms with Crippen molar-refractivity contribution in [3.8, 4) is 5.75 Å². The number of amides is 2. The van der Waals surface area contributed by atoms with Crippen molar-refractivity contribution in [3.63, 3.8) is 0 Å². The summed E-state index contributed by atoms with van der Waals surface area (Å²) in [4.78, 5) is 25.3. The number of nitrogens with one attached hydrogen (secondary N) is 1. The van der Waals surface area contributed by atoms with Crippen LogP contribution < -0.4 is 15.8 Å². The maximum absolute atomic E-state index is 12.1. The van der Waals surface area contributed by atoms with Gasteiger partial charge in [-0.2, -0.15) is 0 Å². The summed E-state index contributed by atoms with van der Waals surface area (Å²) in [5.74, 6) is -0.337. The van der Waals surface area contributed by atoms with Gasteiger partial charge in [-0.25, -0.2) is 4.79 Å². The number of primary amides is 1. The summed E-state index contributed by atoms with van der Waals surface area (Å²) in [5.41, 5.74) is 5.74. The minimum atomic E-state index is -0.596. The fraction of sp³-hybridized carbons (Fsp3) is 0.556. The van der Waals surface area contributed by atoms with E-state index in [1.807, 2.05) is 20.8 Å². The van der Waals surface area contributed by atoms with Crippen LogP contribution in [0.3, 0.4) is 0 Å². The second-order valence-electron chi connectivity index (χ2n) is 7.26. The number of piperidine rings is 1. The lowest BCUT2D eigenvalue weighted by molar-refractivity contribution is 0.0210. The molecule has 1 aliphatic heterocycles. The van der Waals surface area contributed by atoms with Crippen LogP contribution in [0.1, 0.15) is 44.0 Å². The molecule has 0 spiro atoms. The van der Waals surface area contributed by atoms with E-state index in [1.54, 1.807) is 17.0 Å². The summed E-state index contributed by atoms with van der Waals surface area (Å²) in [6, 6.07) is 3.45. The third-order valence-corrected chi connectivity index (χ3v) is 4.45. The molecule has 0 aliphatic carbocycles. The molecule has 1 fully saturated rings. The second kappa shape index (κ2) is 8.03. The highest BCUT2D eigenvalue weighted by molar-refractivity contribution is 6.35. The number of halogens is 1. The zero-order chi connectivity index (χ0) is 19.5. The molecule has 1 saturated heterocycles. The summed E-state index contributed by atoms with van der Waals surface area (Å²) in [6.07, 6.45) is 1.23. The van der Waals surface area contributed by atoms with Gasteiger partial charge in [0, 0.05) is 19.1 Å². The fourth-order valence-electron chi connectivity index (χ4n) is 2.81. The molecule has 0 saturated carbocycles. The minimum absolute atomic E-state index is 0.148. The van der Waals surface area contributed by atoms with Crippen molar-refractivity contribution < 1.29 is 19.1 Å². The number of carbonyl (C=O) groups excluding carboxylic acids is 2. The zero-order valence-corrected chi connectivity index (χ0v) is 16.4. The van der Waals surface area contributed by atoms with E-state index >= 15 is 0 Å². The van der Waals surface area contributed by atoms with Crippen LogP contribution in [0, 0.1) is 0 Å². The topological polar surface area (TPSA) is 93.9 Å². The quantitative estimate of drug-likeness (QED) is 0.832. The number of hydrogen-bond donors (Lipinski definition) is 2. The van der Waals surface area contributed by atoms with Crippen molar-refractivity contribution >= 4 is 29.3 Å². The van der Waals surface area contributed by atoms with Crippen LogP contribution in [-0.4, -0.2) is 48.7 Å². The lowest BCUT2D eigenvalue weighted by atomic mass is 10.0. The van der Waals surface area contributed by atoms with Crippen LogP contribution in [0.15, 0.2) is 12.1 Å². The Balaban J connectivity index is 2.00. The normalized spacial score (nSPS) is 15.5. The maximum Gasteiger partial charge on any atom is 0.410 e. The van der Waals surface area contributed by atoms with Crippen LogP contribution in [0.4, 0.5) is 10.5 Å². The van der Waals surface area contributed by atoms with Gasteiger partial charge in [-0.3, -0.25) is 4.79 Å². The van der Waals surface area contributed by atoms with Crippen LogP contribution in [0.25, 0.3) is 0 Å². The summed E-state index contributed by atoms with van der Waals surface area (Å²) >= 11 is 6.35. The average molecular weight is 384 g/mol. The lowest BCUT2D eigenvalue weighted by Crippen LogP contribution is -2.44. The van der Waals surface area contributed by atoms with Crippen LogP contribution >= 0.6 is 11.6 Å². The van der Waals surface area contributed by atoms with Crippen LogP contribution in [-0.2, 0) is 4.74 Å². The molecule has 0 unspecified atom stereocenters. The summed E-state index contributed by atoms with van der Waals surface area (Å²) in [7, 11) is 1.44. The molecule has 0 bridgehead atoms. The summed E-state index contributed by atoms with van der Waals surface area (Å²) < 4.78 is 10.6. The van der Waals surface area contributed by atoms with E-state index < -0.39 is 11.5 Å². The van der Waals surface area contributed by atoms with Crippen molar-refractivity contribution in [2.75, 3.05) is 25.5 Å². The second-order valence-corrected chi connectivity index (χ2v) is 7.64. The number of carbonyl (C=O) groups is 2. The fourth-order valence-corrected chi connectivity index (χ4v) is 3.11. The van der Waals surface area contributed by atoms with Gasteiger partial charge in [0.1, 0.15) is 10.6 Å². The van der Waals surface area contributed by atoms with E-state index in [9.17, 15) is 9.59 Å². The van der Waals surface area contributed by atoms with Gasteiger partial charge in [0.2, 0.25) is 0 Å². The number of nitrogens with two attached hydrogens (primary N) is 1. The SMILES string of the molecule is COc1c(C(N)=O)ccc(NC2CCN(C(=O)OC(C)(C)C)CC2)c1Cl. The highest BCUT2D eigenvalue weighted by Crippen LogP contribution is 2.36. The number of hydrogen-bond acceptors (Lipinski definition) is 5. The average Bonchev–Trinajstić information content (AvgIpc) is 2.55. The zero-order valence-electron chi connectivity index (χ0n) is 15.6.